The van der Waals surface area contributed by atoms with Crippen LogP contribution in [0.1, 0.15) is 24.5 Å². The van der Waals surface area contributed by atoms with Crippen LogP contribution < -0.4 is 10.1 Å². The second-order valence-electron chi connectivity index (χ2n) is 4.42. The topological polar surface area (TPSA) is 67.3 Å². The van der Waals surface area contributed by atoms with Crippen LogP contribution in [0.4, 0.5) is 5.82 Å². The Kier molecular flexibility index (Phi) is 5.32. The monoisotopic (exact) mass is 273 g/mol. The van der Waals surface area contributed by atoms with Crippen LogP contribution in [0.15, 0.2) is 36.7 Å². The fourth-order valence-electron chi connectivity index (χ4n) is 1.68. The van der Waals surface area contributed by atoms with Gasteiger partial charge in [0.1, 0.15) is 12.1 Å². The second-order valence-corrected chi connectivity index (χ2v) is 4.42. The average molecular weight is 273 g/mol. The van der Waals surface area contributed by atoms with Crippen LogP contribution in [0.2, 0.25) is 0 Å². The first kappa shape index (κ1) is 14.3. The van der Waals surface area contributed by atoms with E-state index >= 15 is 0 Å². The van der Waals surface area contributed by atoms with Crippen molar-refractivity contribution in [3.8, 4) is 5.88 Å². The molecule has 0 aliphatic rings. The highest BCUT2D eigenvalue weighted by molar-refractivity contribution is 5.38. The summed E-state index contributed by atoms with van der Waals surface area (Å²) in [4.78, 5) is 8.21. The minimum absolute atomic E-state index is 0.0672. The maximum Gasteiger partial charge on any atom is 0.218 e. The zero-order valence-electron chi connectivity index (χ0n) is 11.5. The molecule has 0 saturated heterocycles. The maximum atomic E-state index is 8.99. The van der Waals surface area contributed by atoms with Crippen LogP contribution in [-0.2, 0) is 13.2 Å². The highest BCUT2D eigenvalue weighted by atomic mass is 16.5. The molecule has 106 valence electrons. The molecular weight excluding hydrogens is 254 g/mol. The average Bonchev–Trinajstić information content (AvgIpc) is 2.52. The number of ether oxygens (including phenoxy) is 1. The van der Waals surface area contributed by atoms with Gasteiger partial charge in [0.2, 0.25) is 5.88 Å². The van der Waals surface area contributed by atoms with E-state index in [4.69, 9.17) is 9.84 Å². The number of aliphatic hydroxyl groups is 1. The van der Waals surface area contributed by atoms with Gasteiger partial charge in [-0.15, -0.1) is 0 Å². The fraction of sp³-hybridized carbons (Fsp3) is 0.333. The molecule has 20 heavy (non-hydrogen) atoms. The van der Waals surface area contributed by atoms with Crippen LogP contribution in [0.5, 0.6) is 5.88 Å². The van der Waals surface area contributed by atoms with Gasteiger partial charge in [-0.25, -0.2) is 9.97 Å². The number of aromatic nitrogens is 2. The van der Waals surface area contributed by atoms with Crippen molar-refractivity contribution in [2.24, 2.45) is 0 Å². The Labute approximate surface area is 118 Å². The van der Waals surface area contributed by atoms with Gasteiger partial charge in [-0.05, 0) is 17.5 Å². The Balaban J connectivity index is 1.92. The van der Waals surface area contributed by atoms with Crippen LogP contribution in [0.3, 0.4) is 0 Å². The molecular formula is C15H19N3O2. The van der Waals surface area contributed by atoms with Gasteiger partial charge in [-0.3, -0.25) is 0 Å². The quantitative estimate of drug-likeness (QED) is 0.810. The van der Waals surface area contributed by atoms with Gasteiger partial charge in [0.25, 0.3) is 0 Å². The van der Waals surface area contributed by atoms with Crippen LogP contribution in [0, 0.1) is 0 Å². The molecule has 0 saturated carbocycles. The number of nitrogens with one attached hydrogen (secondary N) is 1. The van der Waals surface area contributed by atoms with E-state index in [-0.39, 0.29) is 6.61 Å². The number of benzene rings is 1. The van der Waals surface area contributed by atoms with Crippen molar-refractivity contribution in [2.45, 2.75) is 26.5 Å². The van der Waals surface area contributed by atoms with Crippen molar-refractivity contribution in [2.75, 3.05) is 11.9 Å². The first-order valence-electron chi connectivity index (χ1n) is 6.69. The van der Waals surface area contributed by atoms with E-state index < -0.39 is 0 Å². The maximum absolute atomic E-state index is 8.99. The largest absolute Gasteiger partial charge is 0.478 e. The summed E-state index contributed by atoms with van der Waals surface area (Å²) in [5.41, 5.74) is 2.03. The number of aliphatic hydroxyl groups excluding tert-OH is 1. The van der Waals surface area contributed by atoms with Crippen LogP contribution >= 0.6 is 0 Å². The van der Waals surface area contributed by atoms with E-state index in [1.807, 2.05) is 24.3 Å². The lowest BCUT2D eigenvalue weighted by atomic mass is 10.1. The molecule has 5 heteroatoms. The van der Waals surface area contributed by atoms with E-state index in [0.717, 1.165) is 23.4 Å². The van der Waals surface area contributed by atoms with Gasteiger partial charge >= 0.3 is 0 Å². The number of hydrogen-bond donors (Lipinski definition) is 2. The van der Waals surface area contributed by atoms with Crippen LogP contribution in [0.25, 0.3) is 0 Å². The predicted octanol–water partition coefficient (Wildman–Crippen LogP) is 2.37. The predicted molar refractivity (Wildman–Crippen MR) is 77.5 cm³/mol. The standard InChI is InChI=1S/C15H19N3O2/c1-2-7-20-15-8-14(17-11-18-15)16-9-12-3-5-13(10-19)6-4-12/h3-6,8,11,19H,2,7,9-10H2,1H3,(H,16,17,18). The van der Waals surface area contributed by atoms with E-state index in [9.17, 15) is 0 Å². The van der Waals surface area contributed by atoms with Gasteiger partial charge in [0, 0.05) is 12.6 Å². The highest BCUT2D eigenvalue weighted by Gasteiger charge is 2.00. The van der Waals surface area contributed by atoms with Gasteiger partial charge in [0.15, 0.2) is 0 Å². The Hall–Kier alpha value is -2.14. The highest BCUT2D eigenvalue weighted by Crippen LogP contribution is 2.13. The molecule has 0 radical (unpaired) electrons. The first-order chi connectivity index (χ1) is 9.81. The third-order valence-corrected chi connectivity index (χ3v) is 2.78. The summed E-state index contributed by atoms with van der Waals surface area (Å²) < 4.78 is 5.46. The van der Waals surface area contributed by atoms with Crippen molar-refractivity contribution in [3.05, 3.63) is 47.8 Å². The van der Waals surface area contributed by atoms with Crippen LogP contribution in [-0.4, -0.2) is 21.7 Å². The minimum atomic E-state index is 0.0672. The summed E-state index contributed by atoms with van der Waals surface area (Å²) in [6.45, 7) is 3.43. The lowest BCUT2D eigenvalue weighted by Crippen LogP contribution is -2.03. The number of nitrogens with zero attached hydrogens (tertiary/aromatic N) is 2. The normalized spacial score (nSPS) is 10.3. The smallest absolute Gasteiger partial charge is 0.218 e. The third-order valence-electron chi connectivity index (χ3n) is 2.78. The van der Waals surface area contributed by atoms with E-state index in [0.29, 0.717) is 19.0 Å². The number of hydrogen-bond acceptors (Lipinski definition) is 5. The summed E-state index contributed by atoms with van der Waals surface area (Å²) in [6.07, 6.45) is 2.44. The van der Waals surface area contributed by atoms with Crippen molar-refractivity contribution in [1.29, 1.82) is 0 Å². The molecule has 0 unspecified atom stereocenters. The zero-order valence-corrected chi connectivity index (χ0v) is 11.5. The molecule has 2 aromatic rings. The fourth-order valence-corrected chi connectivity index (χ4v) is 1.68. The SMILES string of the molecule is CCCOc1cc(NCc2ccc(CO)cc2)ncn1. The number of rotatable bonds is 7. The van der Waals surface area contributed by atoms with E-state index in [1.165, 1.54) is 6.33 Å². The molecule has 0 amide bonds. The summed E-state index contributed by atoms with van der Waals surface area (Å²) in [5, 5.41) is 12.2. The van der Waals surface area contributed by atoms with Crippen molar-refractivity contribution in [1.82, 2.24) is 9.97 Å². The summed E-state index contributed by atoms with van der Waals surface area (Å²) >= 11 is 0. The molecule has 0 aliphatic carbocycles. The zero-order chi connectivity index (χ0) is 14.2. The summed E-state index contributed by atoms with van der Waals surface area (Å²) in [5.74, 6) is 1.32. The van der Waals surface area contributed by atoms with E-state index in [2.05, 4.69) is 22.2 Å². The van der Waals surface area contributed by atoms with Crippen molar-refractivity contribution in [3.63, 3.8) is 0 Å². The molecule has 1 aromatic carbocycles. The Morgan fingerprint density at radius 1 is 1.15 bits per heavy atom. The Morgan fingerprint density at radius 3 is 2.60 bits per heavy atom. The molecule has 5 nitrogen and oxygen atoms in total. The molecule has 0 fully saturated rings. The van der Waals surface area contributed by atoms with Gasteiger partial charge in [-0.1, -0.05) is 31.2 Å². The second kappa shape index (κ2) is 7.45. The molecule has 2 rings (SSSR count). The van der Waals surface area contributed by atoms with Gasteiger partial charge in [0.05, 0.1) is 13.2 Å². The molecule has 2 N–H and O–H groups in total. The molecule has 0 bridgehead atoms. The summed E-state index contributed by atoms with van der Waals surface area (Å²) in [6, 6.07) is 9.57. The molecule has 1 aromatic heterocycles. The first-order valence-corrected chi connectivity index (χ1v) is 6.69. The lowest BCUT2D eigenvalue weighted by Gasteiger charge is -2.08. The Morgan fingerprint density at radius 2 is 1.90 bits per heavy atom. The molecule has 0 atom stereocenters. The van der Waals surface area contributed by atoms with Crippen molar-refractivity contribution >= 4 is 5.82 Å². The van der Waals surface area contributed by atoms with Crippen molar-refractivity contribution < 1.29 is 9.84 Å². The third kappa shape index (κ3) is 4.20. The minimum Gasteiger partial charge on any atom is -0.478 e. The molecule has 1 heterocycles. The van der Waals surface area contributed by atoms with Gasteiger partial charge in [-0.2, -0.15) is 0 Å². The van der Waals surface area contributed by atoms with E-state index in [1.54, 1.807) is 6.07 Å². The molecule has 0 aliphatic heterocycles. The summed E-state index contributed by atoms with van der Waals surface area (Å²) in [7, 11) is 0. The van der Waals surface area contributed by atoms with Gasteiger partial charge < -0.3 is 15.2 Å². The Bertz CT molecular complexity index is 529. The molecule has 0 spiro atoms. The lowest BCUT2D eigenvalue weighted by molar-refractivity contribution is 0.282. The number of anilines is 1.